The Bertz CT molecular complexity index is 387. The first-order valence-corrected chi connectivity index (χ1v) is 6.53. The fourth-order valence-electron chi connectivity index (χ4n) is 2.29. The number of hydrogen-bond acceptors (Lipinski definition) is 5. The number of aliphatic hydroxyl groups is 1. The second-order valence-electron chi connectivity index (χ2n) is 5.73. The van der Waals surface area contributed by atoms with Crippen LogP contribution in [-0.2, 0) is 5.60 Å². The normalized spacial score (nSPS) is 20.2. The lowest BCUT2D eigenvalue weighted by Gasteiger charge is -2.32. The summed E-state index contributed by atoms with van der Waals surface area (Å²) in [6, 6.07) is 0.256. The lowest BCUT2D eigenvalue weighted by molar-refractivity contribution is 0.0691. The fourth-order valence-corrected chi connectivity index (χ4v) is 2.29. The molecule has 2 rings (SSSR count). The van der Waals surface area contributed by atoms with Gasteiger partial charge in [-0.25, -0.2) is 0 Å². The minimum Gasteiger partial charge on any atom is -0.382 e. The van der Waals surface area contributed by atoms with Crippen LogP contribution in [0.25, 0.3) is 0 Å². The maximum absolute atomic E-state index is 9.85. The van der Waals surface area contributed by atoms with Crippen LogP contribution in [0.3, 0.4) is 0 Å². The van der Waals surface area contributed by atoms with E-state index in [4.69, 9.17) is 5.73 Å². The van der Waals surface area contributed by atoms with Crippen molar-refractivity contribution >= 4 is 5.95 Å². The number of H-pyrrole nitrogens is 1. The van der Waals surface area contributed by atoms with Crippen LogP contribution in [0.15, 0.2) is 0 Å². The Kier molecular flexibility index (Phi) is 3.59. The van der Waals surface area contributed by atoms with E-state index in [0.29, 0.717) is 17.7 Å². The molecule has 1 fully saturated rings. The van der Waals surface area contributed by atoms with Crippen molar-refractivity contribution in [1.82, 2.24) is 15.2 Å². The molecule has 2 heterocycles. The van der Waals surface area contributed by atoms with Gasteiger partial charge in [0, 0.05) is 19.1 Å². The molecule has 0 aliphatic carbocycles. The van der Waals surface area contributed by atoms with Gasteiger partial charge in [-0.15, -0.1) is 5.10 Å². The molecule has 0 spiro atoms. The Morgan fingerprint density at radius 1 is 1.44 bits per heavy atom. The predicted octanol–water partition coefficient (Wildman–Crippen LogP) is 0.596. The number of nitrogens with zero attached hydrogens (tertiary/aromatic N) is 3. The molecular weight excluding hydrogens is 230 g/mol. The number of nitrogens with one attached hydrogen (secondary N) is 1. The van der Waals surface area contributed by atoms with Crippen molar-refractivity contribution in [3.8, 4) is 0 Å². The molecule has 0 amide bonds. The van der Waals surface area contributed by atoms with Crippen LogP contribution in [0.5, 0.6) is 0 Å². The second-order valence-corrected chi connectivity index (χ2v) is 5.73. The van der Waals surface area contributed by atoms with E-state index >= 15 is 0 Å². The quantitative estimate of drug-likeness (QED) is 0.733. The zero-order chi connectivity index (χ0) is 13.3. The molecule has 0 radical (unpaired) electrons. The molecule has 1 unspecified atom stereocenters. The Labute approximate surface area is 108 Å². The zero-order valence-electron chi connectivity index (χ0n) is 11.3. The first kappa shape index (κ1) is 13.3. The SMILES string of the molecule is CC(N)C1CCN(c2n[nH]c(C(C)(C)O)n2)CC1. The van der Waals surface area contributed by atoms with Gasteiger partial charge in [-0.1, -0.05) is 0 Å². The van der Waals surface area contributed by atoms with Crippen LogP contribution in [0.4, 0.5) is 5.95 Å². The van der Waals surface area contributed by atoms with Crippen LogP contribution in [-0.4, -0.2) is 39.4 Å². The van der Waals surface area contributed by atoms with E-state index < -0.39 is 5.60 Å². The molecule has 0 aromatic carbocycles. The van der Waals surface area contributed by atoms with E-state index in [1.807, 2.05) is 0 Å². The van der Waals surface area contributed by atoms with Crippen molar-refractivity contribution < 1.29 is 5.11 Å². The zero-order valence-corrected chi connectivity index (χ0v) is 11.3. The summed E-state index contributed by atoms with van der Waals surface area (Å²) in [4.78, 5) is 6.50. The van der Waals surface area contributed by atoms with Crippen molar-refractivity contribution in [2.45, 2.75) is 45.3 Å². The number of nitrogens with two attached hydrogens (primary N) is 1. The highest BCUT2D eigenvalue weighted by molar-refractivity contribution is 5.30. The van der Waals surface area contributed by atoms with Crippen LogP contribution in [0, 0.1) is 5.92 Å². The Morgan fingerprint density at radius 2 is 2.06 bits per heavy atom. The number of aromatic amines is 1. The molecular formula is C12H23N5O. The van der Waals surface area contributed by atoms with Gasteiger partial charge in [0.15, 0.2) is 5.82 Å². The molecule has 4 N–H and O–H groups in total. The number of anilines is 1. The van der Waals surface area contributed by atoms with Gasteiger partial charge >= 0.3 is 0 Å². The molecule has 1 aliphatic rings. The molecule has 102 valence electrons. The molecule has 1 aromatic rings. The van der Waals surface area contributed by atoms with Crippen LogP contribution in [0.1, 0.15) is 39.4 Å². The third kappa shape index (κ3) is 2.81. The highest BCUT2D eigenvalue weighted by atomic mass is 16.3. The lowest BCUT2D eigenvalue weighted by Crippen LogP contribution is -2.40. The van der Waals surface area contributed by atoms with Crippen molar-refractivity contribution in [1.29, 1.82) is 0 Å². The molecule has 1 aromatic heterocycles. The van der Waals surface area contributed by atoms with Gasteiger partial charge in [-0.3, -0.25) is 5.10 Å². The Balaban J connectivity index is 2.00. The summed E-state index contributed by atoms with van der Waals surface area (Å²) in [6.07, 6.45) is 2.15. The average molecular weight is 253 g/mol. The van der Waals surface area contributed by atoms with Gasteiger partial charge in [-0.05, 0) is 39.5 Å². The molecule has 1 aliphatic heterocycles. The summed E-state index contributed by atoms with van der Waals surface area (Å²) >= 11 is 0. The Morgan fingerprint density at radius 3 is 2.50 bits per heavy atom. The van der Waals surface area contributed by atoms with Gasteiger partial charge in [0.1, 0.15) is 5.60 Å². The molecule has 6 heteroatoms. The standard InChI is InChI=1S/C12H23N5O/c1-8(13)9-4-6-17(7-5-9)11-14-10(15-16-11)12(2,3)18/h8-9,18H,4-7,13H2,1-3H3,(H,14,15,16). The summed E-state index contributed by atoms with van der Waals surface area (Å²) in [5.41, 5.74) is 4.95. The molecule has 18 heavy (non-hydrogen) atoms. The number of piperidine rings is 1. The number of rotatable bonds is 3. The van der Waals surface area contributed by atoms with Crippen molar-refractivity contribution in [3.05, 3.63) is 5.82 Å². The third-order valence-corrected chi connectivity index (χ3v) is 3.62. The molecule has 1 saturated heterocycles. The summed E-state index contributed by atoms with van der Waals surface area (Å²) in [6.45, 7) is 7.31. The number of hydrogen-bond donors (Lipinski definition) is 3. The number of aromatic nitrogens is 3. The maximum Gasteiger partial charge on any atom is 0.244 e. The minimum atomic E-state index is -0.977. The summed E-state index contributed by atoms with van der Waals surface area (Å²) in [7, 11) is 0. The molecule has 0 bridgehead atoms. The van der Waals surface area contributed by atoms with Crippen molar-refractivity contribution in [3.63, 3.8) is 0 Å². The van der Waals surface area contributed by atoms with E-state index in [2.05, 4.69) is 27.0 Å². The van der Waals surface area contributed by atoms with E-state index in [1.54, 1.807) is 13.8 Å². The third-order valence-electron chi connectivity index (χ3n) is 3.62. The smallest absolute Gasteiger partial charge is 0.244 e. The summed E-state index contributed by atoms with van der Waals surface area (Å²) in [5, 5.41) is 16.8. The Hall–Kier alpha value is -1.14. The van der Waals surface area contributed by atoms with Crippen molar-refractivity contribution in [2.75, 3.05) is 18.0 Å². The summed E-state index contributed by atoms with van der Waals surface area (Å²) < 4.78 is 0. The monoisotopic (exact) mass is 253 g/mol. The predicted molar refractivity (Wildman–Crippen MR) is 70.2 cm³/mol. The molecule has 0 saturated carbocycles. The van der Waals surface area contributed by atoms with Crippen molar-refractivity contribution in [2.24, 2.45) is 11.7 Å². The first-order valence-electron chi connectivity index (χ1n) is 6.53. The minimum absolute atomic E-state index is 0.256. The molecule has 1 atom stereocenters. The average Bonchev–Trinajstić information content (AvgIpc) is 2.78. The van der Waals surface area contributed by atoms with Gasteiger partial charge in [-0.2, -0.15) is 4.98 Å². The van der Waals surface area contributed by atoms with Gasteiger partial charge in [0.05, 0.1) is 0 Å². The van der Waals surface area contributed by atoms with Gasteiger partial charge in [0.25, 0.3) is 0 Å². The van der Waals surface area contributed by atoms with Crippen LogP contribution < -0.4 is 10.6 Å². The second kappa shape index (κ2) is 4.85. The lowest BCUT2D eigenvalue weighted by atomic mass is 9.91. The van der Waals surface area contributed by atoms with Crippen LogP contribution in [0.2, 0.25) is 0 Å². The highest BCUT2D eigenvalue weighted by Gasteiger charge is 2.26. The maximum atomic E-state index is 9.85. The van der Waals surface area contributed by atoms with E-state index in [9.17, 15) is 5.11 Å². The van der Waals surface area contributed by atoms with E-state index in [1.165, 1.54) is 0 Å². The largest absolute Gasteiger partial charge is 0.382 e. The highest BCUT2D eigenvalue weighted by Crippen LogP contribution is 2.24. The summed E-state index contributed by atoms with van der Waals surface area (Å²) in [5.74, 6) is 1.77. The van der Waals surface area contributed by atoms with Gasteiger partial charge < -0.3 is 15.7 Å². The molecule has 6 nitrogen and oxygen atoms in total. The van der Waals surface area contributed by atoms with Gasteiger partial charge in [0.2, 0.25) is 5.95 Å². The van der Waals surface area contributed by atoms with Crippen LogP contribution >= 0.6 is 0 Å². The van der Waals surface area contributed by atoms with E-state index in [-0.39, 0.29) is 6.04 Å². The first-order chi connectivity index (χ1) is 8.38. The fraction of sp³-hybridized carbons (Fsp3) is 0.833. The topological polar surface area (TPSA) is 91.1 Å². The van der Waals surface area contributed by atoms with E-state index in [0.717, 1.165) is 25.9 Å².